The van der Waals surface area contributed by atoms with Gasteiger partial charge in [-0.05, 0) is 54.7 Å². The SMILES string of the molecule is O=C(C[C@H]1C[C@H]2CC[C@@H]1C2)NCc1ccc2c(c1)OCO2. The van der Waals surface area contributed by atoms with Crippen molar-refractivity contribution in [2.45, 2.75) is 38.6 Å². The van der Waals surface area contributed by atoms with E-state index in [0.29, 0.717) is 18.9 Å². The number of hydrogen-bond acceptors (Lipinski definition) is 3. The second-order valence-corrected chi connectivity index (χ2v) is 6.60. The first-order chi connectivity index (χ1) is 10.3. The van der Waals surface area contributed by atoms with Crippen LogP contribution in [0.4, 0.5) is 0 Å². The Morgan fingerprint density at radius 2 is 2.10 bits per heavy atom. The summed E-state index contributed by atoms with van der Waals surface area (Å²) in [6.07, 6.45) is 6.05. The lowest BCUT2D eigenvalue weighted by Crippen LogP contribution is -2.26. The fourth-order valence-electron chi connectivity index (χ4n) is 4.19. The fourth-order valence-corrected chi connectivity index (χ4v) is 4.19. The summed E-state index contributed by atoms with van der Waals surface area (Å²) in [6.45, 7) is 0.853. The van der Waals surface area contributed by atoms with Crippen LogP contribution in [0, 0.1) is 17.8 Å². The largest absolute Gasteiger partial charge is 0.454 e. The van der Waals surface area contributed by atoms with Gasteiger partial charge in [-0.3, -0.25) is 4.79 Å². The Labute approximate surface area is 124 Å². The van der Waals surface area contributed by atoms with Gasteiger partial charge in [-0.15, -0.1) is 0 Å². The van der Waals surface area contributed by atoms with Crippen molar-refractivity contribution in [1.82, 2.24) is 5.32 Å². The number of rotatable bonds is 4. The second-order valence-electron chi connectivity index (χ2n) is 6.60. The molecule has 2 bridgehead atoms. The standard InChI is InChI=1S/C17H21NO3/c19-17(8-14-6-11-1-3-13(14)5-11)18-9-12-2-4-15-16(7-12)21-10-20-15/h2,4,7,11,13-14H,1,3,5-6,8-10H2,(H,18,19)/t11-,13+,14+/m0/s1. The summed E-state index contributed by atoms with van der Waals surface area (Å²) < 4.78 is 10.6. The fraction of sp³-hybridized carbons (Fsp3) is 0.588. The van der Waals surface area contributed by atoms with Gasteiger partial charge >= 0.3 is 0 Å². The van der Waals surface area contributed by atoms with Crippen LogP contribution in [-0.2, 0) is 11.3 Å². The first kappa shape index (κ1) is 13.0. The van der Waals surface area contributed by atoms with Gasteiger partial charge in [0.25, 0.3) is 0 Å². The van der Waals surface area contributed by atoms with Gasteiger partial charge in [-0.1, -0.05) is 12.5 Å². The molecule has 0 unspecified atom stereocenters. The van der Waals surface area contributed by atoms with Crippen LogP contribution in [0.2, 0.25) is 0 Å². The number of fused-ring (bicyclic) bond motifs is 3. The van der Waals surface area contributed by atoms with Crippen LogP contribution in [0.1, 0.15) is 37.7 Å². The van der Waals surface area contributed by atoms with Crippen LogP contribution in [0.3, 0.4) is 0 Å². The summed E-state index contributed by atoms with van der Waals surface area (Å²) in [5, 5.41) is 3.04. The van der Waals surface area contributed by atoms with Gasteiger partial charge in [0, 0.05) is 13.0 Å². The van der Waals surface area contributed by atoms with E-state index in [2.05, 4.69) is 5.32 Å². The van der Waals surface area contributed by atoms with Crippen LogP contribution in [0.25, 0.3) is 0 Å². The Hall–Kier alpha value is -1.71. The average molecular weight is 287 g/mol. The molecule has 1 aromatic rings. The highest BCUT2D eigenvalue weighted by atomic mass is 16.7. The number of hydrogen-bond donors (Lipinski definition) is 1. The topological polar surface area (TPSA) is 47.6 Å². The smallest absolute Gasteiger partial charge is 0.231 e. The summed E-state index contributed by atoms with van der Waals surface area (Å²) in [5.41, 5.74) is 1.06. The van der Waals surface area contributed by atoms with E-state index in [9.17, 15) is 4.79 Å². The van der Waals surface area contributed by atoms with Crippen molar-refractivity contribution >= 4 is 5.91 Å². The molecule has 21 heavy (non-hydrogen) atoms. The monoisotopic (exact) mass is 287 g/mol. The molecule has 1 N–H and O–H groups in total. The Kier molecular flexibility index (Phi) is 3.24. The van der Waals surface area contributed by atoms with Gasteiger partial charge in [0.15, 0.2) is 11.5 Å². The molecular formula is C17H21NO3. The van der Waals surface area contributed by atoms with Gasteiger partial charge in [0.1, 0.15) is 0 Å². The molecule has 0 spiro atoms. The van der Waals surface area contributed by atoms with Crippen LogP contribution in [0.15, 0.2) is 18.2 Å². The molecule has 1 heterocycles. The molecular weight excluding hydrogens is 266 g/mol. The Morgan fingerprint density at radius 1 is 1.19 bits per heavy atom. The molecule has 2 aliphatic carbocycles. The van der Waals surface area contributed by atoms with Crippen molar-refractivity contribution in [3.8, 4) is 11.5 Å². The molecule has 1 aliphatic heterocycles. The highest BCUT2D eigenvalue weighted by Gasteiger charge is 2.39. The van der Waals surface area contributed by atoms with Crippen molar-refractivity contribution in [3.05, 3.63) is 23.8 Å². The van der Waals surface area contributed by atoms with Crippen molar-refractivity contribution in [3.63, 3.8) is 0 Å². The van der Waals surface area contributed by atoms with E-state index in [4.69, 9.17) is 9.47 Å². The minimum Gasteiger partial charge on any atom is -0.454 e. The van der Waals surface area contributed by atoms with Gasteiger partial charge < -0.3 is 14.8 Å². The van der Waals surface area contributed by atoms with Crippen LogP contribution in [-0.4, -0.2) is 12.7 Å². The van der Waals surface area contributed by atoms with E-state index in [1.807, 2.05) is 18.2 Å². The quantitative estimate of drug-likeness (QED) is 0.926. The maximum atomic E-state index is 12.1. The van der Waals surface area contributed by atoms with Crippen molar-refractivity contribution in [2.75, 3.05) is 6.79 Å². The Balaban J connectivity index is 1.29. The minimum absolute atomic E-state index is 0.185. The van der Waals surface area contributed by atoms with E-state index in [1.54, 1.807) is 0 Å². The summed E-state index contributed by atoms with van der Waals surface area (Å²) in [4.78, 5) is 12.1. The summed E-state index contributed by atoms with van der Waals surface area (Å²) in [6, 6.07) is 5.82. The summed E-state index contributed by atoms with van der Waals surface area (Å²) in [7, 11) is 0. The van der Waals surface area contributed by atoms with Crippen molar-refractivity contribution in [2.24, 2.45) is 17.8 Å². The average Bonchev–Trinajstić information content (AvgIpc) is 3.20. The lowest BCUT2D eigenvalue weighted by molar-refractivity contribution is -0.122. The number of ether oxygens (including phenoxy) is 2. The van der Waals surface area contributed by atoms with Crippen molar-refractivity contribution < 1.29 is 14.3 Å². The van der Waals surface area contributed by atoms with E-state index in [-0.39, 0.29) is 12.7 Å². The first-order valence-corrected chi connectivity index (χ1v) is 7.93. The zero-order valence-corrected chi connectivity index (χ0v) is 12.1. The molecule has 3 aliphatic rings. The summed E-state index contributed by atoms with van der Waals surface area (Å²) in [5.74, 6) is 4.08. The molecule has 0 radical (unpaired) electrons. The second kappa shape index (κ2) is 5.24. The van der Waals surface area contributed by atoms with E-state index in [1.165, 1.54) is 25.7 Å². The highest BCUT2D eigenvalue weighted by molar-refractivity contribution is 5.76. The molecule has 0 saturated heterocycles. The summed E-state index contributed by atoms with van der Waals surface area (Å²) >= 11 is 0. The Bertz CT molecular complexity index is 557. The van der Waals surface area contributed by atoms with E-state index in [0.717, 1.165) is 28.9 Å². The van der Waals surface area contributed by atoms with Gasteiger partial charge in [-0.2, -0.15) is 0 Å². The van der Waals surface area contributed by atoms with Crippen LogP contribution in [0.5, 0.6) is 11.5 Å². The normalized spacial score (nSPS) is 28.9. The molecule has 4 rings (SSSR count). The number of carbonyl (C=O) groups excluding carboxylic acids is 1. The molecule has 3 atom stereocenters. The predicted molar refractivity (Wildman–Crippen MR) is 78.0 cm³/mol. The van der Waals surface area contributed by atoms with Crippen LogP contribution >= 0.6 is 0 Å². The number of nitrogens with one attached hydrogen (secondary N) is 1. The lowest BCUT2D eigenvalue weighted by Gasteiger charge is -2.20. The molecule has 2 saturated carbocycles. The number of carbonyl (C=O) groups is 1. The first-order valence-electron chi connectivity index (χ1n) is 7.93. The van der Waals surface area contributed by atoms with Gasteiger partial charge in [0.2, 0.25) is 12.7 Å². The van der Waals surface area contributed by atoms with Gasteiger partial charge in [-0.25, -0.2) is 0 Å². The molecule has 112 valence electrons. The molecule has 0 aromatic heterocycles. The highest BCUT2D eigenvalue weighted by Crippen LogP contribution is 2.49. The molecule has 1 amide bonds. The molecule has 4 nitrogen and oxygen atoms in total. The van der Waals surface area contributed by atoms with E-state index < -0.39 is 0 Å². The Morgan fingerprint density at radius 3 is 2.90 bits per heavy atom. The minimum atomic E-state index is 0.185. The zero-order valence-electron chi connectivity index (χ0n) is 12.1. The zero-order chi connectivity index (χ0) is 14.2. The number of amides is 1. The maximum Gasteiger partial charge on any atom is 0.231 e. The third-order valence-electron chi connectivity index (χ3n) is 5.26. The third kappa shape index (κ3) is 2.59. The maximum absolute atomic E-state index is 12.1. The van der Waals surface area contributed by atoms with Gasteiger partial charge in [0.05, 0.1) is 0 Å². The number of benzene rings is 1. The third-order valence-corrected chi connectivity index (χ3v) is 5.26. The predicted octanol–water partition coefficient (Wildman–Crippen LogP) is 2.86. The molecule has 2 fully saturated rings. The lowest BCUT2D eigenvalue weighted by atomic mass is 9.86. The van der Waals surface area contributed by atoms with Crippen LogP contribution < -0.4 is 14.8 Å². The van der Waals surface area contributed by atoms with Crippen molar-refractivity contribution in [1.29, 1.82) is 0 Å². The molecule has 4 heteroatoms. The molecule has 1 aromatic carbocycles. The van der Waals surface area contributed by atoms with E-state index >= 15 is 0 Å².